The van der Waals surface area contributed by atoms with Gasteiger partial charge in [0.1, 0.15) is 29.8 Å². The molecule has 1 aromatic carbocycles. The third kappa shape index (κ3) is 6.03. The topological polar surface area (TPSA) is 183 Å². The Morgan fingerprint density at radius 3 is 2.81 bits per heavy atom. The highest BCUT2D eigenvalue weighted by atomic mass is 35.5. The van der Waals surface area contributed by atoms with Crippen molar-refractivity contribution in [2.24, 2.45) is 11.1 Å². The van der Waals surface area contributed by atoms with Crippen LogP contribution in [0.25, 0.3) is 0 Å². The van der Waals surface area contributed by atoms with E-state index < -0.39 is 52.7 Å². The van der Waals surface area contributed by atoms with Crippen LogP contribution in [0.5, 0.6) is 0 Å². The van der Waals surface area contributed by atoms with Gasteiger partial charge in [0.05, 0.1) is 30.9 Å². The Morgan fingerprint density at radius 1 is 1.31 bits per heavy atom. The molecule has 0 radical (unpaired) electrons. The van der Waals surface area contributed by atoms with Gasteiger partial charge in [0.2, 0.25) is 5.78 Å². The third-order valence-corrected chi connectivity index (χ3v) is 6.45. The lowest BCUT2D eigenvalue weighted by molar-refractivity contribution is 0.00778. The van der Waals surface area contributed by atoms with Gasteiger partial charge in [-0.05, 0) is 24.6 Å². The van der Waals surface area contributed by atoms with E-state index in [1.54, 1.807) is 6.07 Å². The normalized spacial score (nSPS) is 22.0. The maximum Gasteiger partial charge on any atom is 0.333 e. The Balaban J connectivity index is 1.48. The number of carbonyl (C=O) groups is 1. The largest absolute Gasteiger partial charge is 0.390 e. The van der Waals surface area contributed by atoms with Crippen LogP contribution < -0.4 is 10.5 Å². The van der Waals surface area contributed by atoms with E-state index in [4.69, 9.17) is 16.7 Å². The fourth-order valence-corrected chi connectivity index (χ4v) is 4.46. The van der Waals surface area contributed by atoms with Crippen LogP contribution in [0.2, 0.25) is 5.02 Å². The second kappa shape index (κ2) is 10.5. The van der Waals surface area contributed by atoms with Crippen LogP contribution in [0.3, 0.4) is 0 Å². The van der Waals surface area contributed by atoms with Crippen LogP contribution in [0.15, 0.2) is 43.0 Å². The maximum atomic E-state index is 14.1. The molecule has 0 spiro atoms. The number of ketones is 1. The number of aliphatic hydroxyl groups is 2. The molecule has 36 heavy (non-hydrogen) atoms. The van der Waals surface area contributed by atoms with Crippen molar-refractivity contribution < 1.29 is 32.0 Å². The molecule has 0 bridgehead atoms. The van der Waals surface area contributed by atoms with E-state index in [1.165, 1.54) is 41.6 Å². The van der Waals surface area contributed by atoms with Crippen molar-refractivity contribution >= 4 is 33.5 Å². The molecule has 0 saturated heterocycles. The van der Waals surface area contributed by atoms with Gasteiger partial charge in [-0.1, -0.05) is 17.7 Å². The SMILES string of the molecule is NS(=O)(=O)OC[C@H]1C[C@@H](Nc2ncncc2C(=O)c2ccn(Cc3ccc(Cl)cc3F)n2)[C@H](O)[C@@H]1O. The molecule has 5 N–H and O–H groups in total. The maximum absolute atomic E-state index is 14.1. The summed E-state index contributed by atoms with van der Waals surface area (Å²) in [5, 5.41) is 32.9. The molecular formula is C21H22ClFN6O6S. The number of anilines is 1. The number of carbonyl (C=O) groups excluding carboxylic acids is 1. The van der Waals surface area contributed by atoms with E-state index in [-0.39, 0.29) is 35.1 Å². The Hall–Kier alpha value is -3.01. The molecule has 4 atom stereocenters. The molecule has 4 rings (SSSR count). The van der Waals surface area contributed by atoms with Crippen molar-refractivity contribution in [3.63, 3.8) is 0 Å². The van der Waals surface area contributed by atoms with Gasteiger partial charge >= 0.3 is 10.3 Å². The van der Waals surface area contributed by atoms with Crippen LogP contribution in [-0.2, 0) is 21.0 Å². The number of hydrogen-bond acceptors (Lipinski definition) is 10. The Labute approximate surface area is 210 Å². The summed E-state index contributed by atoms with van der Waals surface area (Å²) in [6, 6.07) is 4.94. The molecule has 1 fully saturated rings. The van der Waals surface area contributed by atoms with E-state index in [0.717, 1.165) is 0 Å². The molecule has 15 heteroatoms. The molecular weight excluding hydrogens is 519 g/mol. The lowest BCUT2D eigenvalue weighted by atomic mass is 10.1. The first-order valence-electron chi connectivity index (χ1n) is 10.6. The highest BCUT2D eigenvalue weighted by Gasteiger charge is 2.42. The zero-order valence-electron chi connectivity index (χ0n) is 18.5. The van der Waals surface area contributed by atoms with E-state index in [2.05, 4.69) is 24.6 Å². The Kier molecular flexibility index (Phi) is 7.63. The van der Waals surface area contributed by atoms with Gasteiger partial charge in [0.15, 0.2) is 0 Å². The fourth-order valence-electron chi connectivity index (χ4n) is 3.93. The first-order chi connectivity index (χ1) is 17.0. The highest BCUT2D eigenvalue weighted by molar-refractivity contribution is 7.84. The van der Waals surface area contributed by atoms with Gasteiger partial charge in [-0.25, -0.2) is 19.5 Å². The number of nitrogens with two attached hydrogens (primary N) is 1. The van der Waals surface area contributed by atoms with Crippen LogP contribution in [0.1, 0.15) is 28.0 Å². The van der Waals surface area contributed by atoms with Crippen molar-refractivity contribution in [3.8, 4) is 0 Å². The molecule has 0 unspecified atom stereocenters. The summed E-state index contributed by atoms with van der Waals surface area (Å²) in [6.45, 7) is -0.350. The van der Waals surface area contributed by atoms with Crippen molar-refractivity contribution in [2.45, 2.75) is 31.2 Å². The molecule has 1 saturated carbocycles. The molecule has 0 aliphatic heterocycles. The molecule has 2 heterocycles. The van der Waals surface area contributed by atoms with Crippen LogP contribution in [0.4, 0.5) is 10.2 Å². The number of benzene rings is 1. The highest BCUT2D eigenvalue weighted by Crippen LogP contribution is 2.30. The van der Waals surface area contributed by atoms with Crippen LogP contribution in [-0.4, -0.2) is 69.0 Å². The number of aromatic nitrogens is 4. The van der Waals surface area contributed by atoms with E-state index in [9.17, 15) is 27.8 Å². The number of hydrogen-bond donors (Lipinski definition) is 4. The molecule has 0 amide bonds. The summed E-state index contributed by atoms with van der Waals surface area (Å²) in [4.78, 5) is 21.1. The Morgan fingerprint density at radius 2 is 2.08 bits per heavy atom. The molecule has 192 valence electrons. The smallest absolute Gasteiger partial charge is 0.333 e. The Bertz CT molecular complexity index is 1370. The second-order valence-electron chi connectivity index (χ2n) is 8.25. The van der Waals surface area contributed by atoms with Gasteiger partial charge in [0.25, 0.3) is 0 Å². The van der Waals surface area contributed by atoms with Crippen molar-refractivity contribution in [3.05, 3.63) is 70.6 Å². The molecule has 3 aromatic rings. The predicted octanol–water partition coefficient (Wildman–Crippen LogP) is 0.487. The van der Waals surface area contributed by atoms with Crippen molar-refractivity contribution in [1.82, 2.24) is 19.7 Å². The van der Waals surface area contributed by atoms with Crippen molar-refractivity contribution in [1.29, 1.82) is 0 Å². The van der Waals surface area contributed by atoms with Gasteiger partial charge in [0, 0.05) is 28.9 Å². The zero-order valence-corrected chi connectivity index (χ0v) is 20.1. The van der Waals surface area contributed by atoms with Gasteiger partial charge < -0.3 is 15.5 Å². The molecule has 1 aliphatic carbocycles. The quantitative estimate of drug-likeness (QED) is 0.278. The van der Waals surface area contributed by atoms with Crippen LogP contribution >= 0.6 is 11.6 Å². The summed E-state index contributed by atoms with van der Waals surface area (Å²) >= 11 is 5.78. The number of nitrogens with one attached hydrogen (secondary N) is 1. The van der Waals surface area contributed by atoms with E-state index >= 15 is 0 Å². The summed E-state index contributed by atoms with van der Waals surface area (Å²) in [5.41, 5.74) is 0.432. The summed E-state index contributed by atoms with van der Waals surface area (Å²) in [5.74, 6) is -1.69. The summed E-state index contributed by atoms with van der Waals surface area (Å²) in [7, 11) is -4.21. The number of halogens is 2. The predicted molar refractivity (Wildman–Crippen MR) is 125 cm³/mol. The monoisotopic (exact) mass is 540 g/mol. The minimum Gasteiger partial charge on any atom is -0.390 e. The average Bonchev–Trinajstić information content (AvgIpc) is 3.39. The first kappa shape index (κ1) is 26.1. The summed E-state index contributed by atoms with van der Waals surface area (Å²) < 4.78 is 42.1. The van der Waals surface area contributed by atoms with Crippen molar-refractivity contribution in [2.75, 3.05) is 11.9 Å². The van der Waals surface area contributed by atoms with E-state index in [1.807, 2.05) is 0 Å². The standard InChI is InChI=1S/C21H22ClFN6O6S/c22-13-2-1-11(15(23)6-13)8-29-4-3-16(28-29)19(31)14-7-25-10-26-21(14)27-17-5-12(18(30)20(17)32)9-35-36(24,33)34/h1-4,6-7,10,12,17-18,20,30,32H,5,8-9H2,(H2,24,33,34)(H,25,26,27)/t12-,17-,18-,20+/m1/s1. The third-order valence-electron chi connectivity index (χ3n) is 5.75. The lowest BCUT2D eigenvalue weighted by Crippen LogP contribution is -2.36. The zero-order chi connectivity index (χ0) is 26.0. The fraction of sp³-hybridized carbons (Fsp3) is 0.333. The molecule has 12 nitrogen and oxygen atoms in total. The molecule has 1 aliphatic rings. The minimum absolute atomic E-state index is 0.0475. The first-order valence-corrected chi connectivity index (χ1v) is 12.5. The number of aliphatic hydroxyl groups excluding tert-OH is 2. The van der Waals surface area contributed by atoms with E-state index in [0.29, 0.717) is 5.56 Å². The van der Waals surface area contributed by atoms with Gasteiger partial charge in [-0.2, -0.15) is 13.5 Å². The lowest BCUT2D eigenvalue weighted by Gasteiger charge is -2.19. The van der Waals surface area contributed by atoms with Crippen LogP contribution in [0, 0.1) is 11.7 Å². The molecule has 2 aromatic heterocycles. The average molecular weight is 541 g/mol. The minimum atomic E-state index is -4.21. The van der Waals surface area contributed by atoms with Gasteiger partial charge in [-0.3, -0.25) is 13.7 Å². The second-order valence-corrected chi connectivity index (χ2v) is 9.91. The number of rotatable bonds is 9. The number of nitrogens with zero attached hydrogens (tertiary/aromatic N) is 4. The summed E-state index contributed by atoms with van der Waals surface area (Å²) in [6.07, 6.45) is 1.50. The van der Waals surface area contributed by atoms with Gasteiger partial charge in [-0.15, -0.1) is 0 Å².